The lowest BCUT2D eigenvalue weighted by atomic mass is 9.77. The van der Waals surface area contributed by atoms with Gasteiger partial charge in [-0.15, -0.1) is 0 Å². The van der Waals surface area contributed by atoms with Gasteiger partial charge in [-0.1, -0.05) is 48.5 Å². The van der Waals surface area contributed by atoms with Crippen LogP contribution in [0.3, 0.4) is 0 Å². The first kappa shape index (κ1) is 30.3. The van der Waals surface area contributed by atoms with Crippen molar-refractivity contribution in [2.24, 2.45) is 0 Å². The first-order chi connectivity index (χ1) is 24.1. The second-order valence-corrected chi connectivity index (χ2v) is 12.8. The summed E-state index contributed by atoms with van der Waals surface area (Å²) in [5.74, 6) is 0. The Bertz CT molecular complexity index is 2260. The van der Waals surface area contributed by atoms with Gasteiger partial charge in [0.2, 0.25) is 0 Å². The SMILES string of the molecule is Nc1ccc(-c2c3cc(N)c(N)cc3c(-c3ccc(N)cc3)c3c(-c4ccc(N)cc4)c4cc(N)c(N)cc4c(-c4ccc(N)cc4)c23)cc1. The topological polar surface area (TPSA) is 208 Å². The Morgan fingerprint density at radius 2 is 0.420 bits per heavy atom. The summed E-state index contributed by atoms with van der Waals surface area (Å²) in [6.07, 6.45) is 0. The second-order valence-electron chi connectivity index (χ2n) is 12.8. The zero-order valence-corrected chi connectivity index (χ0v) is 27.2. The molecule has 50 heavy (non-hydrogen) atoms. The van der Waals surface area contributed by atoms with Gasteiger partial charge in [0, 0.05) is 22.7 Å². The van der Waals surface area contributed by atoms with Gasteiger partial charge in [0.1, 0.15) is 0 Å². The quantitative estimate of drug-likeness (QED) is 0.0681. The van der Waals surface area contributed by atoms with Gasteiger partial charge in [0.25, 0.3) is 0 Å². The van der Waals surface area contributed by atoms with Gasteiger partial charge in [-0.3, -0.25) is 0 Å². The van der Waals surface area contributed by atoms with Crippen LogP contribution in [0.1, 0.15) is 0 Å². The zero-order chi connectivity index (χ0) is 34.8. The third-order valence-electron chi connectivity index (χ3n) is 9.57. The Hall–Kier alpha value is -7.06. The molecule has 244 valence electrons. The Kier molecular flexibility index (Phi) is 6.83. The van der Waals surface area contributed by atoms with Gasteiger partial charge in [0.05, 0.1) is 22.7 Å². The predicted molar refractivity (Wildman–Crippen MR) is 216 cm³/mol. The first-order valence-corrected chi connectivity index (χ1v) is 16.2. The molecule has 0 radical (unpaired) electrons. The molecule has 8 rings (SSSR count). The largest absolute Gasteiger partial charge is 0.399 e. The highest BCUT2D eigenvalue weighted by atomic mass is 14.7. The number of fused-ring (bicyclic) bond motifs is 3. The third kappa shape index (κ3) is 4.78. The first-order valence-electron chi connectivity index (χ1n) is 16.2. The molecule has 0 unspecified atom stereocenters. The molecule has 0 atom stereocenters. The van der Waals surface area contributed by atoms with Crippen LogP contribution in [0.4, 0.5) is 45.5 Å². The van der Waals surface area contributed by atoms with Crippen LogP contribution in [0.5, 0.6) is 0 Å². The van der Waals surface area contributed by atoms with Gasteiger partial charge >= 0.3 is 0 Å². The lowest BCUT2D eigenvalue weighted by Gasteiger charge is -2.26. The van der Waals surface area contributed by atoms with Crippen LogP contribution < -0.4 is 45.9 Å². The maximum absolute atomic E-state index is 6.62. The van der Waals surface area contributed by atoms with Crippen molar-refractivity contribution in [1.29, 1.82) is 0 Å². The summed E-state index contributed by atoms with van der Waals surface area (Å²) in [5, 5.41) is 5.64. The van der Waals surface area contributed by atoms with E-state index in [9.17, 15) is 0 Å². The van der Waals surface area contributed by atoms with Gasteiger partial charge < -0.3 is 45.9 Å². The number of nitrogens with two attached hydrogens (primary N) is 8. The highest BCUT2D eigenvalue weighted by molar-refractivity contribution is 6.34. The van der Waals surface area contributed by atoms with E-state index < -0.39 is 0 Å². The molecule has 0 aliphatic heterocycles. The molecule has 0 aromatic heterocycles. The monoisotopic (exact) mass is 652 g/mol. The molecule has 8 nitrogen and oxygen atoms in total. The van der Waals surface area contributed by atoms with Crippen molar-refractivity contribution in [1.82, 2.24) is 0 Å². The summed E-state index contributed by atoms with van der Waals surface area (Å²) in [5.41, 5.74) is 63.6. The van der Waals surface area contributed by atoms with Crippen molar-refractivity contribution in [3.63, 3.8) is 0 Å². The maximum Gasteiger partial charge on any atom is 0.0554 e. The number of benzene rings is 8. The summed E-state index contributed by atoms with van der Waals surface area (Å²) >= 11 is 0. The normalized spacial score (nSPS) is 11.4. The van der Waals surface area contributed by atoms with Crippen LogP contribution in [-0.2, 0) is 0 Å². The summed E-state index contributed by atoms with van der Waals surface area (Å²) in [7, 11) is 0. The Balaban J connectivity index is 1.79. The predicted octanol–water partition coefficient (Wildman–Crippen LogP) is 8.47. The molecule has 0 saturated heterocycles. The summed E-state index contributed by atoms with van der Waals surface area (Å²) in [4.78, 5) is 0. The minimum absolute atomic E-state index is 0.474. The molecule has 0 fully saturated rings. The Labute approximate surface area is 288 Å². The number of rotatable bonds is 4. The fourth-order valence-corrected chi connectivity index (χ4v) is 7.18. The van der Waals surface area contributed by atoms with Crippen LogP contribution in [-0.4, -0.2) is 0 Å². The molecule has 8 aromatic carbocycles. The number of hydrogen-bond donors (Lipinski definition) is 8. The van der Waals surface area contributed by atoms with Crippen molar-refractivity contribution >= 4 is 77.8 Å². The molecule has 8 heteroatoms. The number of nitrogen functional groups attached to an aromatic ring is 8. The molecule has 0 saturated carbocycles. The molecular formula is C42H36N8. The molecule has 16 N–H and O–H groups in total. The van der Waals surface area contributed by atoms with Gasteiger partial charge in [0.15, 0.2) is 0 Å². The van der Waals surface area contributed by atoms with Gasteiger partial charge in [-0.2, -0.15) is 0 Å². The minimum atomic E-state index is 0.474. The zero-order valence-electron chi connectivity index (χ0n) is 27.2. The van der Waals surface area contributed by atoms with E-state index in [1.165, 1.54) is 0 Å². The molecule has 0 aliphatic carbocycles. The van der Waals surface area contributed by atoms with E-state index in [0.29, 0.717) is 45.5 Å². The summed E-state index contributed by atoms with van der Waals surface area (Å²) < 4.78 is 0. The van der Waals surface area contributed by atoms with Crippen molar-refractivity contribution in [3.05, 3.63) is 121 Å². The molecule has 8 aromatic rings. The van der Waals surface area contributed by atoms with Gasteiger partial charge in [-0.05, 0) is 150 Å². The minimum Gasteiger partial charge on any atom is -0.399 e. The smallest absolute Gasteiger partial charge is 0.0554 e. The molecule has 0 amide bonds. The van der Waals surface area contributed by atoms with E-state index in [2.05, 4.69) is 0 Å². The van der Waals surface area contributed by atoms with Crippen molar-refractivity contribution in [2.75, 3.05) is 45.9 Å². The van der Waals surface area contributed by atoms with E-state index in [1.807, 2.05) is 121 Å². The van der Waals surface area contributed by atoms with E-state index in [0.717, 1.165) is 76.8 Å². The lowest BCUT2D eigenvalue weighted by Crippen LogP contribution is -2.02. The summed E-state index contributed by atoms with van der Waals surface area (Å²) in [6.45, 7) is 0. The maximum atomic E-state index is 6.62. The second kappa shape index (κ2) is 11.3. The molecular weight excluding hydrogens is 617 g/mol. The molecule has 0 aliphatic rings. The Morgan fingerprint density at radius 3 is 0.600 bits per heavy atom. The van der Waals surface area contributed by atoms with Crippen LogP contribution in [0.25, 0.3) is 76.8 Å². The van der Waals surface area contributed by atoms with E-state index in [1.54, 1.807) is 0 Å². The van der Waals surface area contributed by atoms with Gasteiger partial charge in [-0.25, -0.2) is 0 Å². The molecule has 0 spiro atoms. The van der Waals surface area contributed by atoms with Crippen molar-refractivity contribution in [2.45, 2.75) is 0 Å². The lowest BCUT2D eigenvalue weighted by molar-refractivity contribution is 1.62. The molecule has 0 bridgehead atoms. The van der Waals surface area contributed by atoms with Crippen LogP contribution >= 0.6 is 0 Å². The van der Waals surface area contributed by atoms with Crippen LogP contribution in [0, 0.1) is 0 Å². The standard InChI is InChI=1S/C42H36N8/c43-25-9-1-21(2-10-25)37-29-17-33(47)34(48)18-30(29)39(23-5-13-27(45)14-6-23)42-40(24-7-15-28(46)16-8-24)32-20-36(50)35(49)19-31(32)38(41(37)42)22-3-11-26(44)12-4-22/h1-20H,43-50H2. The number of anilines is 8. The van der Waals surface area contributed by atoms with E-state index in [-0.39, 0.29) is 0 Å². The highest BCUT2D eigenvalue weighted by Crippen LogP contribution is 2.55. The fourth-order valence-electron chi connectivity index (χ4n) is 7.18. The number of hydrogen-bond acceptors (Lipinski definition) is 8. The summed E-state index contributed by atoms with van der Waals surface area (Å²) in [6, 6.07) is 39.4. The molecule has 0 heterocycles. The highest BCUT2D eigenvalue weighted by Gasteiger charge is 2.27. The third-order valence-corrected chi connectivity index (χ3v) is 9.57. The van der Waals surface area contributed by atoms with Crippen molar-refractivity contribution in [3.8, 4) is 44.5 Å². The Morgan fingerprint density at radius 1 is 0.240 bits per heavy atom. The van der Waals surface area contributed by atoms with E-state index in [4.69, 9.17) is 45.9 Å². The van der Waals surface area contributed by atoms with Crippen molar-refractivity contribution < 1.29 is 0 Å². The fraction of sp³-hybridized carbons (Fsp3) is 0. The average Bonchev–Trinajstić information content (AvgIpc) is 3.10. The van der Waals surface area contributed by atoms with Crippen LogP contribution in [0.15, 0.2) is 121 Å². The van der Waals surface area contributed by atoms with E-state index >= 15 is 0 Å². The van der Waals surface area contributed by atoms with Crippen LogP contribution in [0.2, 0.25) is 0 Å². The average molecular weight is 653 g/mol.